The minimum Gasteiger partial charge on any atom is -0.207 e. The Balaban J connectivity index is 2.14. The van der Waals surface area contributed by atoms with Crippen LogP contribution in [0.15, 0.2) is 54.4 Å². The molecule has 1 aliphatic rings. The molecule has 17 heavy (non-hydrogen) atoms. The van der Waals surface area contributed by atoms with Crippen LogP contribution in [0, 0.1) is 5.92 Å². The van der Waals surface area contributed by atoms with Gasteiger partial charge in [-0.15, -0.1) is 0 Å². The lowest BCUT2D eigenvalue weighted by molar-refractivity contribution is 0.596. The molecule has 0 saturated carbocycles. The SMILES string of the molecule is C=Cc1ccc(CC2=CC(F)=CCC2C)cc1. The molecule has 1 unspecified atom stereocenters. The van der Waals surface area contributed by atoms with E-state index in [0.29, 0.717) is 5.92 Å². The Hall–Kier alpha value is -1.63. The number of halogens is 1. The molecule has 0 bridgehead atoms. The summed E-state index contributed by atoms with van der Waals surface area (Å²) >= 11 is 0. The predicted molar refractivity (Wildman–Crippen MR) is 71.3 cm³/mol. The van der Waals surface area contributed by atoms with Crippen LogP contribution in [-0.4, -0.2) is 0 Å². The molecule has 0 heterocycles. The number of allylic oxidation sites excluding steroid dienone is 4. The second-order valence-corrected chi connectivity index (χ2v) is 4.57. The fourth-order valence-corrected chi connectivity index (χ4v) is 2.05. The van der Waals surface area contributed by atoms with E-state index in [0.717, 1.165) is 18.4 Å². The first-order valence-electron chi connectivity index (χ1n) is 5.96. The van der Waals surface area contributed by atoms with Gasteiger partial charge >= 0.3 is 0 Å². The molecule has 88 valence electrons. The Morgan fingerprint density at radius 1 is 1.35 bits per heavy atom. The summed E-state index contributed by atoms with van der Waals surface area (Å²) in [7, 11) is 0. The van der Waals surface area contributed by atoms with Crippen LogP contribution in [0.4, 0.5) is 4.39 Å². The highest BCUT2D eigenvalue weighted by Gasteiger charge is 2.13. The average Bonchev–Trinajstić information content (AvgIpc) is 2.35. The Bertz CT molecular complexity index is 463. The highest BCUT2D eigenvalue weighted by Crippen LogP contribution is 2.27. The van der Waals surface area contributed by atoms with Crippen molar-refractivity contribution in [3.63, 3.8) is 0 Å². The predicted octanol–water partition coefficient (Wildman–Crippen LogP) is 4.69. The molecule has 2 rings (SSSR count). The van der Waals surface area contributed by atoms with Gasteiger partial charge in [0.15, 0.2) is 0 Å². The minimum atomic E-state index is -0.0965. The highest BCUT2D eigenvalue weighted by atomic mass is 19.1. The lowest BCUT2D eigenvalue weighted by Gasteiger charge is -2.18. The van der Waals surface area contributed by atoms with Crippen molar-refractivity contribution in [1.82, 2.24) is 0 Å². The summed E-state index contributed by atoms with van der Waals surface area (Å²) < 4.78 is 13.2. The van der Waals surface area contributed by atoms with Gasteiger partial charge in [-0.3, -0.25) is 0 Å². The first-order valence-corrected chi connectivity index (χ1v) is 5.96. The van der Waals surface area contributed by atoms with Crippen LogP contribution in [0.3, 0.4) is 0 Å². The van der Waals surface area contributed by atoms with Gasteiger partial charge in [0.2, 0.25) is 0 Å². The molecular formula is C16H17F. The van der Waals surface area contributed by atoms with E-state index >= 15 is 0 Å². The van der Waals surface area contributed by atoms with Crippen molar-refractivity contribution < 1.29 is 4.39 Å². The van der Waals surface area contributed by atoms with E-state index in [-0.39, 0.29) is 5.83 Å². The van der Waals surface area contributed by atoms with Gasteiger partial charge in [0.05, 0.1) is 0 Å². The molecular weight excluding hydrogens is 211 g/mol. The second kappa shape index (κ2) is 5.13. The zero-order valence-corrected chi connectivity index (χ0v) is 10.1. The number of rotatable bonds is 3. The van der Waals surface area contributed by atoms with Crippen LogP contribution in [0.25, 0.3) is 6.08 Å². The van der Waals surface area contributed by atoms with Gasteiger partial charge in [0.25, 0.3) is 0 Å². The van der Waals surface area contributed by atoms with Crippen molar-refractivity contribution >= 4 is 6.08 Å². The number of hydrogen-bond donors (Lipinski definition) is 0. The molecule has 0 radical (unpaired) electrons. The van der Waals surface area contributed by atoms with E-state index in [1.54, 1.807) is 12.2 Å². The topological polar surface area (TPSA) is 0 Å². The summed E-state index contributed by atoms with van der Waals surface area (Å²) in [4.78, 5) is 0. The van der Waals surface area contributed by atoms with E-state index in [2.05, 4.69) is 25.6 Å². The fraction of sp³-hybridized carbons (Fsp3) is 0.250. The standard InChI is InChI=1S/C16H17F/c1-3-13-5-7-14(8-6-13)10-15-11-16(17)9-4-12(15)2/h3,5-9,11-12H,1,4,10H2,2H3. The van der Waals surface area contributed by atoms with E-state index in [9.17, 15) is 4.39 Å². The van der Waals surface area contributed by atoms with Gasteiger partial charge in [-0.2, -0.15) is 0 Å². The maximum Gasteiger partial charge on any atom is 0.119 e. The lowest BCUT2D eigenvalue weighted by Crippen LogP contribution is -2.05. The summed E-state index contributed by atoms with van der Waals surface area (Å²) in [5.41, 5.74) is 3.52. The van der Waals surface area contributed by atoms with E-state index in [1.807, 2.05) is 18.2 Å². The van der Waals surface area contributed by atoms with Gasteiger partial charge in [0.1, 0.15) is 5.83 Å². The lowest BCUT2D eigenvalue weighted by atomic mass is 9.88. The Morgan fingerprint density at radius 2 is 2.06 bits per heavy atom. The van der Waals surface area contributed by atoms with E-state index in [4.69, 9.17) is 0 Å². The zero-order valence-electron chi connectivity index (χ0n) is 10.1. The molecule has 1 heteroatoms. The molecule has 1 atom stereocenters. The van der Waals surface area contributed by atoms with Crippen molar-refractivity contribution in [2.45, 2.75) is 19.8 Å². The van der Waals surface area contributed by atoms with Gasteiger partial charge in [0, 0.05) is 0 Å². The van der Waals surface area contributed by atoms with Crippen molar-refractivity contribution in [1.29, 1.82) is 0 Å². The van der Waals surface area contributed by atoms with Crippen LogP contribution in [0.1, 0.15) is 24.5 Å². The van der Waals surface area contributed by atoms with Gasteiger partial charge in [-0.1, -0.05) is 49.4 Å². The summed E-state index contributed by atoms with van der Waals surface area (Å²) in [6.45, 7) is 5.88. The van der Waals surface area contributed by atoms with Gasteiger partial charge < -0.3 is 0 Å². The quantitative estimate of drug-likeness (QED) is 0.704. The highest BCUT2D eigenvalue weighted by molar-refractivity contribution is 5.47. The molecule has 1 aliphatic carbocycles. The summed E-state index contributed by atoms with van der Waals surface area (Å²) in [6, 6.07) is 8.26. The number of benzene rings is 1. The number of hydrogen-bond acceptors (Lipinski definition) is 0. The Kier molecular flexibility index (Phi) is 3.58. The molecule has 0 saturated heterocycles. The molecule has 0 N–H and O–H groups in total. The first-order chi connectivity index (χ1) is 8.19. The van der Waals surface area contributed by atoms with Crippen LogP contribution in [-0.2, 0) is 6.42 Å². The minimum absolute atomic E-state index is 0.0965. The molecule has 0 aliphatic heterocycles. The Labute approximate surface area is 102 Å². The van der Waals surface area contributed by atoms with Crippen molar-refractivity contribution in [2.75, 3.05) is 0 Å². The fourth-order valence-electron chi connectivity index (χ4n) is 2.05. The monoisotopic (exact) mass is 228 g/mol. The Morgan fingerprint density at radius 3 is 2.71 bits per heavy atom. The summed E-state index contributed by atoms with van der Waals surface area (Å²) in [5.74, 6) is 0.342. The molecule has 0 nitrogen and oxygen atoms in total. The molecule has 1 aromatic rings. The van der Waals surface area contributed by atoms with Crippen LogP contribution < -0.4 is 0 Å². The molecule has 0 amide bonds. The zero-order chi connectivity index (χ0) is 12.3. The normalized spacial score (nSPS) is 19.5. The third-order valence-electron chi connectivity index (χ3n) is 3.25. The van der Waals surface area contributed by atoms with Gasteiger partial charge in [-0.05, 0) is 42.0 Å². The first kappa shape index (κ1) is 11.8. The van der Waals surface area contributed by atoms with E-state index in [1.165, 1.54) is 11.1 Å². The maximum atomic E-state index is 13.2. The van der Waals surface area contributed by atoms with Gasteiger partial charge in [-0.25, -0.2) is 4.39 Å². The molecule has 0 fully saturated rings. The third kappa shape index (κ3) is 2.94. The summed E-state index contributed by atoms with van der Waals surface area (Å²) in [5, 5.41) is 0. The smallest absolute Gasteiger partial charge is 0.119 e. The van der Waals surface area contributed by atoms with Crippen molar-refractivity contribution in [3.05, 3.63) is 65.5 Å². The second-order valence-electron chi connectivity index (χ2n) is 4.57. The third-order valence-corrected chi connectivity index (χ3v) is 3.25. The molecule has 1 aromatic carbocycles. The maximum absolute atomic E-state index is 13.2. The average molecular weight is 228 g/mol. The van der Waals surface area contributed by atoms with Crippen LogP contribution in [0.5, 0.6) is 0 Å². The van der Waals surface area contributed by atoms with Crippen molar-refractivity contribution in [2.24, 2.45) is 5.92 Å². The molecule has 0 aromatic heterocycles. The van der Waals surface area contributed by atoms with Crippen molar-refractivity contribution in [3.8, 4) is 0 Å². The molecule has 0 spiro atoms. The summed E-state index contributed by atoms with van der Waals surface area (Å²) in [6.07, 6.45) is 6.81. The largest absolute Gasteiger partial charge is 0.207 e. The van der Waals surface area contributed by atoms with Crippen LogP contribution >= 0.6 is 0 Å². The van der Waals surface area contributed by atoms with Crippen LogP contribution in [0.2, 0.25) is 0 Å². The van der Waals surface area contributed by atoms with E-state index < -0.39 is 0 Å².